The highest BCUT2D eigenvalue weighted by Gasteiger charge is 2.19. The fourth-order valence-electron chi connectivity index (χ4n) is 2.38. The van der Waals surface area contributed by atoms with Gasteiger partial charge in [0.1, 0.15) is 5.82 Å². The zero-order valence-electron chi connectivity index (χ0n) is 10.1. The predicted molar refractivity (Wildman–Crippen MR) is 66.5 cm³/mol. The van der Waals surface area contributed by atoms with Crippen LogP contribution in [0.4, 0.5) is 5.82 Å². The zero-order chi connectivity index (χ0) is 12.3. The molecule has 0 atom stereocenters. The third-order valence-electron chi connectivity index (χ3n) is 3.48. The predicted octanol–water partition coefficient (Wildman–Crippen LogP) is 2.55. The molecule has 1 aliphatic carbocycles. The van der Waals surface area contributed by atoms with Crippen LogP contribution in [0.15, 0.2) is 18.3 Å². The van der Waals surface area contributed by atoms with Crippen LogP contribution < -0.4 is 4.90 Å². The van der Waals surface area contributed by atoms with Crippen molar-refractivity contribution in [3.8, 4) is 0 Å². The fraction of sp³-hybridized carbons (Fsp3) is 0.538. The number of carbonyl (C=O) groups is 1. The molecular formula is C13H18N2O2. The number of nitrogens with zero attached hydrogens (tertiary/aromatic N) is 2. The summed E-state index contributed by atoms with van der Waals surface area (Å²) in [6.45, 7) is 0. The highest BCUT2D eigenvalue weighted by atomic mass is 16.4. The molecular weight excluding hydrogens is 216 g/mol. The normalized spacial score (nSPS) is 16.8. The van der Waals surface area contributed by atoms with Crippen LogP contribution >= 0.6 is 0 Å². The topological polar surface area (TPSA) is 53.4 Å². The second-order valence-corrected chi connectivity index (χ2v) is 4.61. The number of aromatic carboxylic acids is 1. The van der Waals surface area contributed by atoms with E-state index in [1.54, 1.807) is 12.1 Å². The van der Waals surface area contributed by atoms with Crippen molar-refractivity contribution in [3.05, 3.63) is 23.9 Å². The second-order valence-electron chi connectivity index (χ2n) is 4.61. The molecule has 1 aliphatic rings. The second kappa shape index (κ2) is 5.17. The number of rotatable bonds is 3. The van der Waals surface area contributed by atoms with Crippen molar-refractivity contribution < 1.29 is 9.90 Å². The molecule has 0 unspecified atom stereocenters. The molecule has 0 spiro atoms. The van der Waals surface area contributed by atoms with E-state index in [0.717, 1.165) is 5.82 Å². The number of pyridine rings is 1. The van der Waals surface area contributed by atoms with Crippen molar-refractivity contribution in [2.45, 2.75) is 38.1 Å². The summed E-state index contributed by atoms with van der Waals surface area (Å²) in [7, 11) is 2.04. The lowest BCUT2D eigenvalue weighted by atomic mass is 9.94. The van der Waals surface area contributed by atoms with Crippen LogP contribution in [0, 0.1) is 0 Å². The van der Waals surface area contributed by atoms with E-state index in [1.807, 2.05) is 7.05 Å². The standard InChI is InChI=1S/C13H18N2O2/c1-15(11-5-3-2-4-6-11)12-8-7-10(9-14-12)13(16)17/h7-9,11H,2-6H2,1H3,(H,16,17). The van der Waals surface area contributed by atoms with Crippen LogP contribution in [0.5, 0.6) is 0 Å². The molecule has 0 aromatic carbocycles. The van der Waals surface area contributed by atoms with Crippen LogP contribution in [-0.2, 0) is 0 Å². The van der Waals surface area contributed by atoms with Crippen LogP contribution in [-0.4, -0.2) is 29.1 Å². The van der Waals surface area contributed by atoms with Crippen molar-refractivity contribution in [2.24, 2.45) is 0 Å². The summed E-state index contributed by atoms with van der Waals surface area (Å²) < 4.78 is 0. The molecule has 0 saturated heterocycles. The Bertz CT molecular complexity index is 383. The average Bonchev–Trinajstić information content (AvgIpc) is 2.39. The maximum atomic E-state index is 10.7. The molecule has 0 amide bonds. The van der Waals surface area contributed by atoms with Crippen LogP contribution in [0.25, 0.3) is 0 Å². The van der Waals surface area contributed by atoms with E-state index in [2.05, 4.69) is 9.88 Å². The summed E-state index contributed by atoms with van der Waals surface area (Å²) in [4.78, 5) is 17.1. The van der Waals surface area contributed by atoms with Gasteiger partial charge in [0, 0.05) is 19.3 Å². The van der Waals surface area contributed by atoms with Crippen molar-refractivity contribution >= 4 is 11.8 Å². The summed E-state index contributed by atoms with van der Waals surface area (Å²) >= 11 is 0. The lowest BCUT2D eigenvalue weighted by Gasteiger charge is -2.32. The number of anilines is 1. The van der Waals surface area contributed by atoms with Gasteiger partial charge in [-0.1, -0.05) is 19.3 Å². The Morgan fingerprint density at radius 1 is 1.35 bits per heavy atom. The Kier molecular flexibility index (Phi) is 3.61. The molecule has 17 heavy (non-hydrogen) atoms. The first kappa shape index (κ1) is 11.9. The average molecular weight is 234 g/mol. The molecule has 0 bridgehead atoms. The van der Waals surface area contributed by atoms with Crippen molar-refractivity contribution in [1.29, 1.82) is 0 Å². The van der Waals surface area contributed by atoms with E-state index in [4.69, 9.17) is 5.11 Å². The lowest BCUT2D eigenvalue weighted by Crippen LogP contribution is -2.33. The molecule has 1 heterocycles. The molecule has 1 fully saturated rings. The molecule has 0 radical (unpaired) electrons. The van der Waals surface area contributed by atoms with Crippen molar-refractivity contribution in [2.75, 3.05) is 11.9 Å². The number of carboxylic acid groups (broad SMARTS) is 1. The molecule has 1 N–H and O–H groups in total. The minimum absolute atomic E-state index is 0.241. The summed E-state index contributed by atoms with van der Waals surface area (Å²) in [5.74, 6) is -0.0636. The van der Waals surface area contributed by atoms with Crippen LogP contribution in [0.1, 0.15) is 42.5 Å². The van der Waals surface area contributed by atoms with E-state index < -0.39 is 5.97 Å². The Morgan fingerprint density at radius 3 is 2.59 bits per heavy atom. The number of carboxylic acids is 1. The molecule has 1 aromatic heterocycles. The smallest absolute Gasteiger partial charge is 0.337 e. The fourth-order valence-corrected chi connectivity index (χ4v) is 2.38. The highest BCUT2D eigenvalue weighted by molar-refractivity contribution is 5.87. The van der Waals surface area contributed by atoms with Gasteiger partial charge in [-0.3, -0.25) is 0 Å². The van der Waals surface area contributed by atoms with Crippen LogP contribution in [0.2, 0.25) is 0 Å². The van der Waals surface area contributed by atoms with Gasteiger partial charge in [-0.25, -0.2) is 9.78 Å². The van der Waals surface area contributed by atoms with Gasteiger partial charge in [-0.15, -0.1) is 0 Å². The maximum absolute atomic E-state index is 10.7. The third-order valence-corrected chi connectivity index (χ3v) is 3.48. The molecule has 2 rings (SSSR count). The van der Waals surface area contributed by atoms with Crippen molar-refractivity contribution in [3.63, 3.8) is 0 Å². The maximum Gasteiger partial charge on any atom is 0.337 e. The molecule has 1 aromatic rings. The number of hydrogen-bond donors (Lipinski definition) is 1. The largest absolute Gasteiger partial charge is 0.478 e. The summed E-state index contributed by atoms with van der Waals surface area (Å²) in [5.41, 5.74) is 0.241. The molecule has 92 valence electrons. The number of aromatic nitrogens is 1. The van der Waals surface area contributed by atoms with Gasteiger partial charge in [0.25, 0.3) is 0 Å². The Morgan fingerprint density at radius 2 is 2.06 bits per heavy atom. The summed E-state index contributed by atoms with van der Waals surface area (Å²) in [6, 6.07) is 3.95. The molecule has 4 heteroatoms. The van der Waals surface area contributed by atoms with Gasteiger partial charge in [-0.2, -0.15) is 0 Å². The van der Waals surface area contributed by atoms with E-state index >= 15 is 0 Å². The molecule has 4 nitrogen and oxygen atoms in total. The van der Waals surface area contributed by atoms with Gasteiger partial charge in [-0.05, 0) is 25.0 Å². The zero-order valence-corrected chi connectivity index (χ0v) is 10.1. The Labute approximate surface area is 101 Å². The Hall–Kier alpha value is -1.58. The Balaban J connectivity index is 2.07. The quantitative estimate of drug-likeness (QED) is 0.873. The third kappa shape index (κ3) is 2.75. The SMILES string of the molecule is CN(c1ccc(C(=O)O)cn1)C1CCCCC1. The van der Waals surface area contributed by atoms with E-state index in [0.29, 0.717) is 6.04 Å². The minimum atomic E-state index is -0.927. The highest BCUT2D eigenvalue weighted by Crippen LogP contribution is 2.24. The first-order chi connectivity index (χ1) is 8.18. The summed E-state index contributed by atoms with van der Waals surface area (Å²) in [5, 5.41) is 8.81. The monoisotopic (exact) mass is 234 g/mol. The van der Waals surface area contributed by atoms with Crippen molar-refractivity contribution in [1.82, 2.24) is 4.98 Å². The van der Waals surface area contributed by atoms with Gasteiger partial charge in [0.2, 0.25) is 0 Å². The molecule has 1 saturated carbocycles. The van der Waals surface area contributed by atoms with Gasteiger partial charge in [0.15, 0.2) is 0 Å². The lowest BCUT2D eigenvalue weighted by molar-refractivity contribution is 0.0696. The number of hydrogen-bond acceptors (Lipinski definition) is 3. The van der Waals surface area contributed by atoms with Gasteiger partial charge in [0.05, 0.1) is 5.56 Å². The minimum Gasteiger partial charge on any atom is -0.478 e. The molecule has 0 aliphatic heterocycles. The van der Waals surface area contributed by atoms with Gasteiger partial charge < -0.3 is 10.0 Å². The van der Waals surface area contributed by atoms with Crippen LogP contribution in [0.3, 0.4) is 0 Å². The first-order valence-electron chi connectivity index (χ1n) is 6.10. The van der Waals surface area contributed by atoms with Gasteiger partial charge >= 0.3 is 5.97 Å². The van der Waals surface area contributed by atoms with E-state index in [-0.39, 0.29) is 5.56 Å². The first-order valence-corrected chi connectivity index (χ1v) is 6.10. The van der Waals surface area contributed by atoms with E-state index in [9.17, 15) is 4.79 Å². The van der Waals surface area contributed by atoms with E-state index in [1.165, 1.54) is 38.3 Å². The summed E-state index contributed by atoms with van der Waals surface area (Å²) in [6.07, 6.45) is 7.73.